The summed E-state index contributed by atoms with van der Waals surface area (Å²) >= 11 is 0. The number of fused-ring (bicyclic) bond motifs is 1. The molecule has 31 heavy (non-hydrogen) atoms. The molecule has 1 aliphatic heterocycles. The molecular weight excluding hydrogens is 396 g/mol. The third-order valence-electron chi connectivity index (χ3n) is 7.50. The molecule has 1 fully saturated rings. The van der Waals surface area contributed by atoms with Crippen LogP contribution in [-0.2, 0) is 19.1 Å². The van der Waals surface area contributed by atoms with Gasteiger partial charge in [-0.3, -0.25) is 9.59 Å². The Morgan fingerprint density at radius 2 is 1.97 bits per heavy atom. The number of esters is 2. The van der Waals surface area contributed by atoms with E-state index < -0.39 is 11.5 Å². The Hall–Kier alpha value is -1.82. The lowest BCUT2D eigenvalue weighted by molar-refractivity contribution is -0.166. The predicted octanol–water partition coefficient (Wildman–Crippen LogP) is 4.47. The first-order valence-corrected chi connectivity index (χ1v) is 11.7. The zero-order valence-corrected chi connectivity index (χ0v) is 19.5. The molecule has 0 saturated carbocycles. The smallest absolute Gasteiger partial charge is 0.311 e. The fourth-order valence-electron chi connectivity index (χ4n) is 5.14. The summed E-state index contributed by atoms with van der Waals surface area (Å²) in [5.74, 6) is 0.0431. The molecule has 0 radical (unpaired) electrons. The van der Waals surface area contributed by atoms with Crippen LogP contribution in [0.15, 0.2) is 23.5 Å². The van der Waals surface area contributed by atoms with Crippen molar-refractivity contribution in [2.24, 2.45) is 29.1 Å². The second-order valence-corrected chi connectivity index (χ2v) is 10.4. The molecular formula is C25H38O6. The number of aliphatic hydroxyl groups is 2. The minimum Gasteiger partial charge on any atom is -0.512 e. The Balaban J connectivity index is 1.81. The number of hydrogen-bond donors (Lipinski definition) is 2. The Morgan fingerprint density at radius 3 is 2.61 bits per heavy atom. The van der Waals surface area contributed by atoms with E-state index in [1.807, 2.05) is 33.8 Å². The van der Waals surface area contributed by atoms with Crippen LogP contribution >= 0.6 is 0 Å². The first-order chi connectivity index (χ1) is 14.5. The monoisotopic (exact) mass is 434 g/mol. The molecule has 0 spiro atoms. The van der Waals surface area contributed by atoms with Gasteiger partial charge in [0.15, 0.2) is 0 Å². The minimum absolute atomic E-state index is 0.00271. The molecule has 2 aliphatic carbocycles. The summed E-state index contributed by atoms with van der Waals surface area (Å²) in [6.07, 6.45) is 6.11. The maximum atomic E-state index is 12.9. The summed E-state index contributed by atoms with van der Waals surface area (Å²) in [6.45, 7) is 9.92. The van der Waals surface area contributed by atoms with Crippen LogP contribution in [0.25, 0.3) is 0 Å². The van der Waals surface area contributed by atoms with Gasteiger partial charge in [0.2, 0.25) is 0 Å². The number of aliphatic hydroxyl groups excluding tert-OH is 2. The third-order valence-corrected chi connectivity index (χ3v) is 7.50. The van der Waals surface area contributed by atoms with E-state index in [-0.39, 0.29) is 54.2 Å². The van der Waals surface area contributed by atoms with E-state index in [2.05, 4.69) is 13.0 Å². The van der Waals surface area contributed by atoms with Crippen molar-refractivity contribution in [1.82, 2.24) is 0 Å². The van der Waals surface area contributed by atoms with Gasteiger partial charge in [0.25, 0.3) is 0 Å². The van der Waals surface area contributed by atoms with Crippen molar-refractivity contribution in [2.45, 2.75) is 91.5 Å². The summed E-state index contributed by atoms with van der Waals surface area (Å²) in [4.78, 5) is 24.6. The minimum atomic E-state index is -0.653. The molecule has 1 saturated heterocycles. The molecule has 0 amide bonds. The van der Waals surface area contributed by atoms with Crippen LogP contribution in [0.4, 0.5) is 0 Å². The summed E-state index contributed by atoms with van der Waals surface area (Å²) in [6, 6.07) is 0. The molecule has 7 atom stereocenters. The normalized spacial score (nSPS) is 36.1. The van der Waals surface area contributed by atoms with E-state index in [0.717, 1.165) is 12.0 Å². The molecule has 3 aliphatic rings. The van der Waals surface area contributed by atoms with Crippen LogP contribution in [0.2, 0.25) is 0 Å². The molecule has 174 valence electrons. The van der Waals surface area contributed by atoms with Gasteiger partial charge in [0.1, 0.15) is 12.2 Å². The first kappa shape index (κ1) is 23.8. The second-order valence-electron chi connectivity index (χ2n) is 10.4. The van der Waals surface area contributed by atoms with Crippen LogP contribution < -0.4 is 0 Å². The van der Waals surface area contributed by atoms with E-state index in [0.29, 0.717) is 31.4 Å². The zero-order valence-electron chi connectivity index (χ0n) is 19.5. The fourth-order valence-corrected chi connectivity index (χ4v) is 5.14. The van der Waals surface area contributed by atoms with Gasteiger partial charge in [0.05, 0.1) is 23.7 Å². The largest absolute Gasteiger partial charge is 0.512 e. The van der Waals surface area contributed by atoms with Crippen molar-refractivity contribution in [2.75, 3.05) is 0 Å². The molecule has 0 aromatic heterocycles. The van der Waals surface area contributed by atoms with Crippen LogP contribution in [0.1, 0.15) is 73.1 Å². The van der Waals surface area contributed by atoms with E-state index in [1.165, 1.54) is 0 Å². The van der Waals surface area contributed by atoms with E-state index >= 15 is 0 Å². The topological polar surface area (TPSA) is 93.1 Å². The van der Waals surface area contributed by atoms with Gasteiger partial charge in [-0.05, 0) is 63.0 Å². The zero-order chi connectivity index (χ0) is 22.9. The van der Waals surface area contributed by atoms with Crippen LogP contribution in [-0.4, -0.2) is 40.5 Å². The SMILES string of the molecule is CCC(C)(C)C(=O)O[C@H]1C[C@@H](C)C=C2C=C(O)[C@H](C)[C@H](CC[C@@H]3C[C@@H](O)CC(=O)O3)[C@H]21. The lowest BCUT2D eigenvalue weighted by Gasteiger charge is -2.44. The van der Waals surface area contributed by atoms with Crippen molar-refractivity contribution >= 4 is 11.9 Å². The van der Waals surface area contributed by atoms with Gasteiger partial charge < -0.3 is 19.7 Å². The molecule has 0 bridgehead atoms. The lowest BCUT2D eigenvalue weighted by atomic mass is 9.64. The molecule has 1 heterocycles. The Morgan fingerprint density at radius 1 is 1.26 bits per heavy atom. The molecule has 0 aromatic rings. The van der Waals surface area contributed by atoms with E-state index in [1.54, 1.807) is 0 Å². The fraction of sp³-hybridized carbons (Fsp3) is 0.760. The van der Waals surface area contributed by atoms with Crippen molar-refractivity contribution in [3.05, 3.63) is 23.5 Å². The number of allylic oxidation sites excluding steroid dienone is 3. The van der Waals surface area contributed by atoms with Crippen LogP contribution in [0.5, 0.6) is 0 Å². The Labute approximate surface area is 185 Å². The number of ether oxygens (including phenoxy) is 2. The average Bonchev–Trinajstić information content (AvgIpc) is 2.67. The summed E-state index contributed by atoms with van der Waals surface area (Å²) in [5, 5.41) is 20.5. The second kappa shape index (κ2) is 9.35. The van der Waals surface area contributed by atoms with Gasteiger partial charge in [-0.2, -0.15) is 0 Å². The lowest BCUT2D eigenvalue weighted by Crippen LogP contribution is -2.44. The van der Waals surface area contributed by atoms with Crippen LogP contribution in [0.3, 0.4) is 0 Å². The van der Waals surface area contributed by atoms with Gasteiger partial charge in [0, 0.05) is 18.3 Å². The number of rotatable bonds is 6. The summed E-state index contributed by atoms with van der Waals surface area (Å²) in [7, 11) is 0. The molecule has 0 unspecified atom stereocenters. The van der Waals surface area contributed by atoms with Gasteiger partial charge >= 0.3 is 11.9 Å². The maximum absolute atomic E-state index is 12.9. The number of carbonyl (C=O) groups excluding carboxylic acids is 2. The maximum Gasteiger partial charge on any atom is 0.311 e. The number of hydrogen-bond acceptors (Lipinski definition) is 6. The van der Waals surface area contributed by atoms with Gasteiger partial charge in [-0.15, -0.1) is 0 Å². The third kappa shape index (κ3) is 5.33. The van der Waals surface area contributed by atoms with E-state index in [4.69, 9.17) is 9.47 Å². The van der Waals surface area contributed by atoms with E-state index in [9.17, 15) is 19.8 Å². The van der Waals surface area contributed by atoms with Crippen LogP contribution in [0, 0.1) is 29.1 Å². The van der Waals surface area contributed by atoms with Crippen molar-refractivity contribution < 1.29 is 29.3 Å². The quantitative estimate of drug-likeness (QED) is 0.599. The van der Waals surface area contributed by atoms with Crippen molar-refractivity contribution in [3.63, 3.8) is 0 Å². The first-order valence-electron chi connectivity index (χ1n) is 11.7. The van der Waals surface area contributed by atoms with Crippen molar-refractivity contribution in [3.8, 4) is 0 Å². The summed E-state index contributed by atoms with van der Waals surface area (Å²) < 4.78 is 11.5. The highest BCUT2D eigenvalue weighted by Crippen LogP contribution is 2.47. The Bertz CT molecular complexity index is 751. The summed E-state index contributed by atoms with van der Waals surface area (Å²) in [5.41, 5.74) is 0.497. The molecule has 2 N–H and O–H groups in total. The molecule has 3 rings (SSSR count). The highest BCUT2D eigenvalue weighted by molar-refractivity contribution is 5.76. The van der Waals surface area contributed by atoms with Gasteiger partial charge in [-0.1, -0.05) is 26.8 Å². The highest BCUT2D eigenvalue weighted by atomic mass is 16.6. The van der Waals surface area contributed by atoms with Gasteiger partial charge in [-0.25, -0.2) is 0 Å². The molecule has 6 nitrogen and oxygen atoms in total. The van der Waals surface area contributed by atoms with Crippen molar-refractivity contribution in [1.29, 1.82) is 0 Å². The Kier molecular flexibility index (Phi) is 7.19. The average molecular weight is 435 g/mol. The molecule has 6 heteroatoms. The number of carbonyl (C=O) groups is 2. The predicted molar refractivity (Wildman–Crippen MR) is 117 cm³/mol. The highest BCUT2D eigenvalue weighted by Gasteiger charge is 2.45. The standard InChI is InChI=1S/C25H38O6/c1-6-25(4,5)24(29)31-21-10-14(2)9-16-11-20(27)15(3)19(23(16)21)8-7-18-12-17(26)13-22(28)30-18/h9,11,14-15,17-19,21,23,26-27H,6-8,10,12-13H2,1-5H3/t14-,15+,17+,18+,19-,21-,23-/m0/s1. The number of cyclic esters (lactones) is 1. The molecule has 0 aromatic carbocycles.